The second-order valence-corrected chi connectivity index (χ2v) is 8.56. The molecule has 1 aromatic heterocycles. The molecular formula is C24H26FN5O2S. The number of aromatic nitrogens is 2. The van der Waals surface area contributed by atoms with Crippen LogP contribution in [0.3, 0.4) is 0 Å². The second-order valence-electron chi connectivity index (χ2n) is 7.57. The third kappa shape index (κ3) is 6.13. The molecule has 0 saturated carbocycles. The molecule has 0 unspecified atom stereocenters. The average Bonchev–Trinajstić information content (AvgIpc) is 2.87. The van der Waals surface area contributed by atoms with Crippen LogP contribution in [0.15, 0.2) is 65.7 Å². The molecule has 0 aliphatic carbocycles. The van der Waals surface area contributed by atoms with Crippen molar-refractivity contribution >= 4 is 29.2 Å². The Morgan fingerprint density at radius 1 is 1.00 bits per heavy atom. The van der Waals surface area contributed by atoms with E-state index in [4.69, 9.17) is 4.74 Å². The number of nitrogens with zero attached hydrogens (tertiary/aromatic N) is 4. The fourth-order valence-electron chi connectivity index (χ4n) is 3.62. The normalized spacial score (nSPS) is 13.6. The van der Waals surface area contributed by atoms with Gasteiger partial charge < -0.3 is 19.9 Å². The third-order valence-electron chi connectivity index (χ3n) is 5.41. The average molecular weight is 468 g/mol. The first-order valence-electron chi connectivity index (χ1n) is 10.7. The SMILES string of the molecule is COc1ccccc1N1CCN(c2ccc(SCC(=O)NCc3ccc(F)cc3)nn2)CC1. The van der Waals surface area contributed by atoms with Crippen molar-refractivity contribution in [3.8, 4) is 5.75 Å². The van der Waals surface area contributed by atoms with Crippen LogP contribution in [0.5, 0.6) is 5.75 Å². The van der Waals surface area contributed by atoms with E-state index in [1.807, 2.05) is 30.3 Å². The molecule has 2 heterocycles. The first kappa shape index (κ1) is 22.8. The number of para-hydroxylation sites is 2. The molecule has 4 rings (SSSR count). The van der Waals surface area contributed by atoms with Crippen LogP contribution < -0.4 is 19.9 Å². The summed E-state index contributed by atoms with van der Waals surface area (Å²) in [6.45, 7) is 3.78. The van der Waals surface area contributed by atoms with Gasteiger partial charge in [0, 0.05) is 32.7 Å². The minimum absolute atomic E-state index is 0.109. The number of carbonyl (C=O) groups excluding carboxylic acids is 1. The lowest BCUT2D eigenvalue weighted by molar-refractivity contribution is -0.118. The van der Waals surface area contributed by atoms with E-state index < -0.39 is 0 Å². The van der Waals surface area contributed by atoms with Crippen molar-refractivity contribution < 1.29 is 13.9 Å². The molecule has 0 bridgehead atoms. The number of piperazine rings is 1. The van der Waals surface area contributed by atoms with Crippen molar-refractivity contribution in [2.75, 3.05) is 48.8 Å². The highest BCUT2D eigenvalue weighted by Crippen LogP contribution is 2.29. The number of ether oxygens (including phenoxy) is 1. The topological polar surface area (TPSA) is 70.6 Å². The highest BCUT2D eigenvalue weighted by atomic mass is 32.2. The van der Waals surface area contributed by atoms with Crippen molar-refractivity contribution in [1.82, 2.24) is 15.5 Å². The van der Waals surface area contributed by atoms with Gasteiger partial charge in [0.1, 0.15) is 16.6 Å². The number of amides is 1. The summed E-state index contributed by atoms with van der Waals surface area (Å²) < 4.78 is 18.4. The maximum Gasteiger partial charge on any atom is 0.230 e. The summed E-state index contributed by atoms with van der Waals surface area (Å²) in [7, 11) is 1.69. The van der Waals surface area contributed by atoms with Gasteiger partial charge in [0.15, 0.2) is 5.82 Å². The summed E-state index contributed by atoms with van der Waals surface area (Å²) in [5, 5.41) is 12.2. The van der Waals surface area contributed by atoms with Gasteiger partial charge in [-0.05, 0) is 42.0 Å². The Balaban J connectivity index is 1.23. The molecule has 1 aliphatic rings. The number of anilines is 2. The molecule has 0 spiro atoms. The predicted octanol–water partition coefficient (Wildman–Crippen LogP) is 3.36. The fourth-order valence-corrected chi connectivity index (χ4v) is 4.26. The standard InChI is InChI=1S/C24H26FN5O2S/c1-32-21-5-3-2-4-20(21)29-12-14-30(15-13-29)22-10-11-24(28-27-22)33-17-23(31)26-16-18-6-8-19(25)9-7-18/h2-11H,12-17H2,1H3,(H,26,31). The Morgan fingerprint density at radius 3 is 2.42 bits per heavy atom. The van der Waals surface area contributed by atoms with E-state index in [1.54, 1.807) is 19.2 Å². The van der Waals surface area contributed by atoms with Crippen LogP contribution >= 0.6 is 11.8 Å². The molecule has 2 aromatic carbocycles. The zero-order valence-corrected chi connectivity index (χ0v) is 19.2. The molecule has 0 radical (unpaired) electrons. The first-order valence-corrected chi connectivity index (χ1v) is 11.7. The lowest BCUT2D eigenvalue weighted by atomic mass is 10.2. The van der Waals surface area contributed by atoms with Gasteiger partial charge in [-0.15, -0.1) is 10.2 Å². The molecule has 1 saturated heterocycles. The van der Waals surface area contributed by atoms with Crippen LogP contribution in [0.4, 0.5) is 15.9 Å². The number of nitrogens with one attached hydrogen (secondary N) is 1. The van der Waals surface area contributed by atoms with Crippen molar-refractivity contribution in [1.29, 1.82) is 0 Å². The summed E-state index contributed by atoms with van der Waals surface area (Å²) in [4.78, 5) is 16.6. The minimum atomic E-state index is -0.291. The van der Waals surface area contributed by atoms with Crippen molar-refractivity contribution in [3.05, 3.63) is 72.0 Å². The summed E-state index contributed by atoms with van der Waals surface area (Å²) in [6, 6.07) is 18.0. The maximum atomic E-state index is 12.9. The van der Waals surface area contributed by atoms with Crippen LogP contribution in [0.25, 0.3) is 0 Å². The highest BCUT2D eigenvalue weighted by Gasteiger charge is 2.20. The minimum Gasteiger partial charge on any atom is -0.495 e. The Labute approximate surface area is 197 Å². The molecule has 1 N–H and O–H groups in total. The van der Waals surface area contributed by atoms with Gasteiger partial charge in [-0.2, -0.15) is 0 Å². The summed E-state index contributed by atoms with van der Waals surface area (Å²) in [6.07, 6.45) is 0. The second kappa shape index (κ2) is 11.0. The third-order valence-corrected chi connectivity index (χ3v) is 6.33. The number of benzene rings is 2. The fraction of sp³-hybridized carbons (Fsp3) is 0.292. The molecule has 9 heteroatoms. The molecule has 1 aliphatic heterocycles. The summed E-state index contributed by atoms with van der Waals surface area (Å²) in [5.41, 5.74) is 1.96. The summed E-state index contributed by atoms with van der Waals surface area (Å²) >= 11 is 1.34. The van der Waals surface area contributed by atoms with Gasteiger partial charge in [0.25, 0.3) is 0 Å². The number of hydrogen-bond acceptors (Lipinski definition) is 7. The quantitative estimate of drug-likeness (QED) is 0.510. The largest absolute Gasteiger partial charge is 0.495 e. The zero-order valence-electron chi connectivity index (χ0n) is 18.4. The van der Waals surface area contributed by atoms with Crippen LogP contribution in [-0.4, -0.2) is 55.1 Å². The first-order chi connectivity index (χ1) is 16.1. The lowest BCUT2D eigenvalue weighted by Crippen LogP contribution is -2.47. The Kier molecular flexibility index (Phi) is 7.62. The van der Waals surface area contributed by atoms with Crippen molar-refractivity contribution in [3.63, 3.8) is 0 Å². The van der Waals surface area contributed by atoms with Gasteiger partial charge >= 0.3 is 0 Å². The van der Waals surface area contributed by atoms with E-state index >= 15 is 0 Å². The number of carbonyl (C=O) groups is 1. The van der Waals surface area contributed by atoms with E-state index in [2.05, 4.69) is 31.4 Å². The Hall–Kier alpha value is -3.33. The van der Waals surface area contributed by atoms with Crippen LogP contribution in [0, 0.1) is 5.82 Å². The number of methoxy groups -OCH3 is 1. The van der Waals surface area contributed by atoms with E-state index in [1.165, 1.54) is 23.9 Å². The van der Waals surface area contributed by atoms with Crippen LogP contribution in [0.2, 0.25) is 0 Å². The van der Waals surface area contributed by atoms with E-state index in [0.717, 1.165) is 49.0 Å². The number of halogens is 1. The molecule has 3 aromatic rings. The maximum absolute atomic E-state index is 12.9. The smallest absolute Gasteiger partial charge is 0.230 e. The van der Waals surface area contributed by atoms with Gasteiger partial charge in [-0.1, -0.05) is 36.0 Å². The molecule has 7 nitrogen and oxygen atoms in total. The van der Waals surface area contributed by atoms with Crippen LogP contribution in [-0.2, 0) is 11.3 Å². The van der Waals surface area contributed by atoms with Crippen molar-refractivity contribution in [2.24, 2.45) is 0 Å². The monoisotopic (exact) mass is 467 g/mol. The van der Waals surface area contributed by atoms with Gasteiger partial charge in [0.05, 0.1) is 18.6 Å². The van der Waals surface area contributed by atoms with E-state index in [-0.39, 0.29) is 17.5 Å². The number of hydrogen-bond donors (Lipinski definition) is 1. The zero-order chi connectivity index (χ0) is 23.0. The highest BCUT2D eigenvalue weighted by molar-refractivity contribution is 7.99. The number of rotatable bonds is 8. The van der Waals surface area contributed by atoms with Crippen molar-refractivity contribution in [2.45, 2.75) is 11.6 Å². The number of thioether (sulfide) groups is 1. The molecule has 1 amide bonds. The lowest BCUT2D eigenvalue weighted by Gasteiger charge is -2.37. The predicted molar refractivity (Wildman–Crippen MR) is 128 cm³/mol. The van der Waals surface area contributed by atoms with Gasteiger partial charge in [-0.3, -0.25) is 4.79 Å². The van der Waals surface area contributed by atoms with Crippen LogP contribution in [0.1, 0.15) is 5.56 Å². The van der Waals surface area contributed by atoms with Gasteiger partial charge in [0.2, 0.25) is 5.91 Å². The molecule has 1 fully saturated rings. The molecule has 0 atom stereocenters. The Bertz CT molecular complexity index is 1060. The molecular weight excluding hydrogens is 441 g/mol. The van der Waals surface area contributed by atoms with E-state index in [0.29, 0.717) is 11.6 Å². The Morgan fingerprint density at radius 2 is 1.73 bits per heavy atom. The molecule has 33 heavy (non-hydrogen) atoms. The van der Waals surface area contributed by atoms with Gasteiger partial charge in [-0.25, -0.2) is 4.39 Å². The van der Waals surface area contributed by atoms with E-state index in [9.17, 15) is 9.18 Å². The summed E-state index contributed by atoms with van der Waals surface area (Å²) in [5.74, 6) is 1.56. The molecule has 172 valence electrons.